The molecule has 1 aromatic heterocycles. The molecular weight excluding hydrogens is 292 g/mol. The van der Waals surface area contributed by atoms with Gasteiger partial charge in [0, 0.05) is 23.9 Å². The molecule has 1 unspecified atom stereocenters. The largest absolute Gasteiger partial charge is 0.338 e. The van der Waals surface area contributed by atoms with E-state index in [0.717, 1.165) is 30.8 Å². The van der Waals surface area contributed by atoms with E-state index in [2.05, 4.69) is 24.0 Å². The second kappa shape index (κ2) is 6.61. The Bertz CT molecular complexity index is 650. The highest BCUT2D eigenvalue weighted by Gasteiger charge is 2.29. The van der Waals surface area contributed by atoms with Gasteiger partial charge in [-0.1, -0.05) is 30.3 Å². The summed E-state index contributed by atoms with van der Waals surface area (Å²) in [6.07, 6.45) is 2.74. The summed E-state index contributed by atoms with van der Waals surface area (Å²) in [5, 5.41) is 1.12. The number of hydrogen-bond donors (Lipinski definition) is 0. The number of aryl methyl sites for hydroxylation is 2. The number of fused-ring (bicyclic) bond motifs is 1. The maximum atomic E-state index is 12.9. The second-order valence-electron chi connectivity index (χ2n) is 5.88. The van der Waals surface area contributed by atoms with Gasteiger partial charge in [-0.25, -0.2) is 4.98 Å². The number of benzene rings is 1. The lowest BCUT2D eigenvalue weighted by atomic mass is 9.90. The maximum absolute atomic E-state index is 12.9. The Morgan fingerprint density at radius 1 is 1.36 bits per heavy atom. The molecule has 116 valence electrons. The van der Waals surface area contributed by atoms with Gasteiger partial charge in [0.15, 0.2) is 0 Å². The molecule has 0 N–H and O–H groups in total. The van der Waals surface area contributed by atoms with Crippen molar-refractivity contribution in [3.05, 3.63) is 51.5 Å². The maximum Gasteiger partial charge on any atom is 0.226 e. The van der Waals surface area contributed by atoms with E-state index in [1.807, 2.05) is 30.0 Å². The topological polar surface area (TPSA) is 33.2 Å². The molecule has 0 saturated carbocycles. The van der Waals surface area contributed by atoms with Gasteiger partial charge in [-0.2, -0.15) is 0 Å². The molecule has 0 radical (unpaired) electrons. The Morgan fingerprint density at radius 3 is 2.86 bits per heavy atom. The third-order valence-corrected chi connectivity index (χ3v) is 5.34. The van der Waals surface area contributed by atoms with Crippen molar-refractivity contribution in [1.82, 2.24) is 9.88 Å². The predicted octanol–water partition coefficient (Wildman–Crippen LogP) is 3.61. The zero-order chi connectivity index (χ0) is 15.5. The molecule has 0 bridgehead atoms. The zero-order valence-electron chi connectivity index (χ0n) is 13.2. The molecule has 1 atom stereocenters. The van der Waals surface area contributed by atoms with Crippen molar-refractivity contribution in [3.63, 3.8) is 0 Å². The number of nitrogens with zero attached hydrogens (tertiary/aromatic N) is 2. The van der Waals surface area contributed by atoms with Crippen LogP contribution in [-0.2, 0) is 24.2 Å². The van der Waals surface area contributed by atoms with E-state index in [4.69, 9.17) is 0 Å². The molecule has 0 saturated heterocycles. The minimum atomic E-state index is 0.121. The van der Waals surface area contributed by atoms with Gasteiger partial charge in [-0.15, -0.1) is 11.3 Å². The summed E-state index contributed by atoms with van der Waals surface area (Å²) in [6.45, 7) is 5.58. The Balaban J connectivity index is 1.70. The zero-order valence-corrected chi connectivity index (χ0v) is 14.0. The van der Waals surface area contributed by atoms with E-state index < -0.39 is 0 Å². The average Bonchev–Trinajstić information content (AvgIpc) is 2.92. The number of thiazole rings is 1. The summed E-state index contributed by atoms with van der Waals surface area (Å²) < 4.78 is 0. The summed E-state index contributed by atoms with van der Waals surface area (Å²) in [6, 6.07) is 10.2. The first kappa shape index (κ1) is 15.2. The van der Waals surface area contributed by atoms with E-state index >= 15 is 0 Å². The summed E-state index contributed by atoms with van der Waals surface area (Å²) in [7, 11) is 0. The van der Waals surface area contributed by atoms with E-state index in [-0.39, 0.29) is 5.92 Å². The van der Waals surface area contributed by atoms with Gasteiger partial charge in [0.2, 0.25) is 5.91 Å². The smallest absolute Gasteiger partial charge is 0.226 e. The molecule has 4 heteroatoms. The molecular formula is C18H22N2OS. The number of rotatable bonds is 4. The highest BCUT2D eigenvalue weighted by Crippen LogP contribution is 2.31. The fraction of sp³-hybridized carbons (Fsp3) is 0.444. The lowest BCUT2D eigenvalue weighted by Gasteiger charge is -2.28. The third-order valence-electron chi connectivity index (χ3n) is 4.31. The molecule has 2 aromatic rings. The Kier molecular flexibility index (Phi) is 4.57. The van der Waals surface area contributed by atoms with Crippen LogP contribution in [0.5, 0.6) is 0 Å². The number of amides is 1. The molecule has 3 nitrogen and oxygen atoms in total. The number of hydrogen-bond acceptors (Lipinski definition) is 3. The Hall–Kier alpha value is -1.68. The van der Waals surface area contributed by atoms with Gasteiger partial charge in [0.05, 0.1) is 10.7 Å². The van der Waals surface area contributed by atoms with E-state index in [1.165, 1.54) is 16.1 Å². The monoisotopic (exact) mass is 314 g/mol. The van der Waals surface area contributed by atoms with Gasteiger partial charge in [0.25, 0.3) is 0 Å². The lowest BCUT2D eigenvalue weighted by molar-refractivity contribution is -0.136. The van der Waals surface area contributed by atoms with Crippen molar-refractivity contribution in [2.45, 2.75) is 39.7 Å². The number of carbonyl (C=O) groups excluding carboxylic acids is 1. The van der Waals surface area contributed by atoms with Crippen molar-refractivity contribution >= 4 is 17.2 Å². The van der Waals surface area contributed by atoms with Crippen molar-refractivity contribution < 1.29 is 4.79 Å². The molecule has 0 fully saturated rings. The molecule has 0 spiro atoms. The van der Waals surface area contributed by atoms with Crippen LogP contribution in [-0.4, -0.2) is 22.3 Å². The van der Waals surface area contributed by atoms with Crippen molar-refractivity contribution in [1.29, 1.82) is 0 Å². The molecule has 1 aliphatic carbocycles. The van der Waals surface area contributed by atoms with Crippen LogP contribution in [0.25, 0.3) is 0 Å². The van der Waals surface area contributed by atoms with Crippen LogP contribution in [0.15, 0.2) is 30.3 Å². The fourth-order valence-electron chi connectivity index (χ4n) is 3.12. The van der Waals surface area contributed by atoms with Gasteiger partial charge in [-0.05, 0) is 38.7 Å². The second-order valence-corrected chi connectivity index (χ2v) is 7.17. The van der Waals surface area contributed by atoms with Gasteiger partial charge in [-0.3, -0.25) is 4.79 Å². The molecule has 0 aliphatic heterocycles. The Morgan fingerprint density at radius 2 is 2.14 bits per heavy atom. The summed E-state index contributed by atoms with van der Waals surface area (Å²) in [5.41, 5.74) is 2.42. The van der Waals surface area contributed by atoms with Gasteiger partial charge in [0.1, 0.15) is 0 Å². The van der Waals surface area contributed by atoms with E-state index in [9.17, 15) is 4.79 Å². The van der Waals surface area contributed by atoms with Crippen molar-refractivity contribution in [2.24, 2.45) is 5.92 Å². The molecule has 3 rings (SSSR count). The minimum absolute atomic E-state index is 0.121. The highest BCUT2D eigenvalue weighted by molar-refractivity contribution is 7.11. The summed E-state index contributed by atoms with van der Waals surface area (Å²) in [4.78, 5) is 20.7. The first-order valence-corrected chi connectivity index (χ1v) is 8.77. The molecule has 22 heavy (non-hydrogen) atoms. The highest BCUT2D eigenvalue weighted by atomic mass is 32.1. The SMILES string of the molecule is CCN(Cc1ccccc1)C(=O)C1CCc2nc(C)sc2C1. The van der Waals surface area contributed by atoms with E-state index in [1.54, 1.807) is 11.3 Å². The fourth-order valence-corrected chi connectivity index (χ4v) is 4.18. The van der Waals surface area contributed by atoms with Crippen LogP contribution in [0.2, 0.25) is 0 Å². The van der Waals surface area contributed by atoms with Gasteiger partial charge < -0.3 is 4.90 Å². The van der Waals surface area contributed by atoms with Crippen LogP contribution >= 0.6 is 11.3 Å². The van der Waals surface area contributed by atoms with Crippen LogP contribution in [0.1, 0.15) is 34.5 Å². The van der Waals surface area contributed by atoms with Crippen LogP contribution < -0.4 is 0 Å². The standard InChI is InChI=1S/C18H22N2OS/c1-3-20(12-14-7-5-4-6-8-14)18(21)15-9-10-16-17(11-15)22-13(2)19-16/h4-8,15H,3,9-12H2,1-2H3. The van der Waals surface area contributed by atoms with E-state index in [0.29, 0.717) is 12.5 Å². The normalized spacial score (nSPS) is 17.1. The number of aromatic nitrogens is 1. The lowest BCUT2D eigenvalue weighted by Crippen LogP contribution is -2.37. The molecule has 1 amide bonds. The van der Waals surface area contributed by atoms with Crippen molar-refractivity contribution in [2.75, 3.05) is 6.54 Å². The van der Waals surface area contributed by atoms with Crippen LogP contribution in [0.3, 0.4) is 0 Å². The molecule has 1 aliphatic rings. The first-order valence-electron chi connectivity index (χ1n) is 7.95. The van der Waals surface area contributed by atoms with Crippen LogP contribution in [0.4, 0.5) is 0 Å². The average molecular weight is 314 g/mol. The Labute approximate surface area is 136 Å². The minimum Gasteiger partial charge on any atom is -0.338 e. The van der Waals surface area contributed by atoms with Gasteiger partial charge >= 0.3 is 0 Å². The molecule has 1 heterocycles. The summed E-state index contributed by atoms with van der Waals surface area (Å²) in [5.74, 6) is 0.416. The quantitative estimate of drug-likeness (QED) is 0.864. The van der Waals surface area contributed by atoms with Crippen molar-refractivity contribution in [3.8, 4) is 0 Å². The third kappa shape index (κ3) is 3.22. The summed E-state index contributed by atoms with van der Waals surface area (Å²) >= 11 is 1.75. The number of carbonyl (C=O) groups is 1. The first-order chi connectivity index (χ1) is 10.7. The predicted molar refractivity (Wildman–Crippen MR) is 89.9 cm³/mol. The molecule has 1 aromatic carbocycles. The van der Waals surface area contributed by atoms with Crippen LogP contribution in [0, 0.1) is 12.8 Å².